The SMILES string of the molecule is COc1cc2c(cc1OC)C(c1ccccc1)N(CC(=O)Nc1cccnc1Cl)CC2. The van der Waals surface area contributed by atoms with Crippen molar-refractivity contribution in [3.8, 4) is 11.5 Å². The summed E-state index contributed by atoms with van der Waals surface area (Å²) in [5.41, 5.74) is 3.93. The molecule has 1 aliphatic heterocycles. The number of carbonyl (C=O) groups excluding carboxylic acids is 1. The van der Waals surface area contributed by atoms with E-state index >= 15 is 0 Å². The van der Waals surface area contributed by atoms with Gasteiger partial charge in [-0.2, -0.15) is 0 Å². The number of hydrogen-bond donors (Lipinski definition) is 1. The minimum Gasteiger partial charge on any atom is -0.493 e. The zero-order valence-corrected chi connectivity index (χ0v) is 18.2. The Kier molecular flexibility index (Phi) is 6.39. The zero-order chi connectivity index (χ0) is 21.8. The van der Waals surface area contributed by atoms with E-state index in [-0.39, 0.29) is 23.6 Å². The van der Waals surface area contributed by atoms with Gasteiger partial charge in [0.1, 0.15) is 0 Å². The van der Waals surface area contributed by atoms with Crippen molar-refractivity contribution in [3.63, 3.8) is 0 Å². The molecule has 0 radical (unpaired) electrons. The lowest BCUT2D eigenvalue weighted by Gasteiger charge is -2.37. The van der Waals surface area contributed by atoms with Crippen LogP contribution in [0.1, 0.15) is 22.7 Å². The summed E-state index contributed by atoms with van der Waals surface area (Å²) < 4.78 is 11.0. The highest BCUT2D eigenvalue weighted by Crippen LogP contribution is 2.40. The number of nitrogens with zero attached hydrogens (tertiary/aromatic N) is 2. The first-order chi connectivity index (χ1) is 15.1. The molecule has 1 amide bonds. The number of carbonyl (C=O) groups is 1. The second kappa shape index (κ2) is 9.37. The molecular formula is C24H24ClN3O3. The number of hydrogen-bond acceptors (Lipinski definition) is 5. The van der Waals surface area contributed by atoms with Crippen molar-refractivity contribution in [1.29, 1.82) is 0 Å². The standard InChI is InChI=1S/C24H24ClN3O3/c1-30-20-13-17-10-12-28(15-22(29)27-19-9-6-11-26-24(19)25)23(16-7-4-3-5-8-16)18(17)14-21(20)31-2/h3-9,11,13-14,23H,10,12,15H2,1-2H3,(H,27,29). The molecule has 2 aromatic carbocycles. The monoisotopic (exact) mass is 437 g/mol. The summed E-state index contributed by atoms with van der Waals surface area (Å²) in [7, 11) is 3.27. The highest BCUT2D eigenvalue weighted by molar-refractivity contribution is 6.32. The first-order valence-electron chi connectivity index (χ1n) is 10.0. The summed E-state index contributed by atoms with van der Waals surface area (Å²) in [5.74, 6) is 1.25. The third-order valence-electron chi connectivity index (χ3n) is 5.47. The van der Waals surface area contributed by atoms with Crippen molar-refractivity contribution >= 4 is 23.2 Å². The summed E-state index contributed by atoms with van der Waals surface area (Å²) in [5, 5.41) is 3.15. The molecule has 0 bridgehead atoms. The van der Waals surface area contributed by atoms with Gasteiger partial charge in [0.05, 0.1) is 32.5 Å². The summed E-state index contributed by atoms with van der Waals surface area (Å²) in [4.78, 5) is 19.0. The summed E-state index contributed by atoms with van der Waals surface area (Å²) in [6.07, 6.45) is 2.40. The molecule has 0 fully saturated rings. The van der Waals surface area contributed by atoms with Gasteiger partial charge in [-0.25, -0.2) is 4.98 Å². The molecule has 0 saturated carbocycles. The van der Waals surface area contributed by atoms with Crippen LogP contribution in [0.2, 0.25) is 5.15 Å². The molecule has 1 atom stereocenters. The van der Waals surface area contributed by atoms with E-state index in [1.165, 1.54) is 5.56 Å². The molecule has 160 valence electrons. The average Bonchev–Trinajstić information content (AvgIpc) is 2.80. The van der Waals surface area contributed by atoms with Crippen LogP contribution in [0.5, 0.6) is 11.5 Å². The molecule has 0 spiro atoms. The van der Waals surface area contributed by atoms with E-state index in [1.807, 2.05) is 30.3 Å². The van der Waals surface area contributed by atoms with Gasteiger partial charge >= 0.3 is 0 Å². The fourth-order valence-electron chi connectivity index (χ4n) is 4.05. The van der Waals surface area contributed by atoms with Gasteiger partial charge in [0.2, 0.25) is 5.91 Å². The van der Waals surface area contributed by atoms with Crippen molar-refractivity contribution in [2.75, 3.05) is 32.6 Å². The number of aromatic nitrogens is 1. The quantitative estimate of drug-likeness (QED) is 0.581. The maximum absolute atomic E-state index is 12.9. The van der Waals surface area contributed by atoms with Gasteiger partial charge in [-0.15, -0.1) is 0 Å². The van der Waals surface area contributed by atoms with Crippen LogP contribution in [0.3, 0.4) is 0 Å². The number of pyridine rings is 1. The van der Waals surface area contributed by atoms with Gasteiger partial charge < -0.3 is 14.8 Å². The number of fused-ring (bicyclic) bond motifs is 1. The third kappa shape index (κ3) is 4.50. The van der Waals surface area contributed by atoms with Gasteiger partial charge in [-0.05, 0) is 47.4 Å². The highest BCUT2D eigenvalue weighted by atomic mass is 35.5. The second-order valence-electron chi connectivity index (χ2n) is 7.33. The summed E-state index contributed by atoms with van der Waals surface area (Å²) in [6.45, 7) is 0.953. The van der Waals surface area contributed by atoms with E-state index < -0.39 is 0 Å². The van der Waals surface area contributed by atoms with Gasteiger partial charge in [-0.3, -0.25) is 9.69 Å². The van der Waals surface area contributed by atoms with Crippen LogP contribution in [0.4, 0.5) is 5.69 Å². The number of anilines is 1. The lowest BCUT2D eigenvalue weighted by Crippen LogP contribution is -2.41. The van der Waals surface area contributed by atoms with Crippen LogP contribution < -0.4 is 14.8 Å². The van der Waals surface area contributed by atoms with Crippen LogP contribution in [0.25, 0.3) is 0 Å². The largest absolute Gasteiger partial charge is 0.493 e. The Morgan fingerprint density at radius 1 is 1.13 bits per heavy atom. The van der Waals surface area contributed by atoms with Crippen LogP contribution in [-0.2, 0) is 11.2 Å². The van der Waals surface area contributed by atoms with Crippen LogP contribution in [0.15, 0.2) is 60.8 Å². The molecule has 0 aliphatic carbocycles. The Morgan fingerprint density at radius 3 is 2.58 bits per heavy atom. The molecule has 1 aliphatic rings. The van der Waals surface area contributed by atoms with Crippen molar-refractivity contribution in [3.05, 3.63) is 82.6 Å². The predicted octanol–water partition coefficient (Wildman–Crippen LogP) is 4.34. The number of amides is 1. The van der Waals surface area contributed by atoms with Gasteiger partial charge in [-0.1, -0.05) is 41.9 Å². The molecule has 6 nitrogen and oxygen atoms in total. The number of methoxy groups -OCH3 is 2. The van der Waals surface area contributed by atoms with E-state index in [1.54, 1.807) is 32.5 Å². The summed E-state index contributed by atoms with van der Waals surface area (Å²) in [6, 6.07) is 17.6. The van der Waals surface area contributed by atoms with E-state index in [4.69, 9.17) is 21.1 Å². The molecule has 0 saturated heterocycles. The first-order valence-corrected chi connectivity index (χ1v) is 10.4. The Labute approximate surface area is 186 Å². The maximum Gasteiger partial charge on any atom is 0.238 e. The molecule has 1 aromatic heterocycles. The molecule has 3 aromatic rings. The Bertz CT molecular complexity index is 1070. The van der Waals surface area contributed by atoms with Gasteiger partial charge in [0, 0.05) is 12.7 Å². The van der Waals surface area contributed by atoms with Crippen LogP contribution in [0, 0.1) is 0 Å². The smallest absolute Gasteiger partial charge is 0.238 e. The Balaban J connectivity index is 1.66. The van der Waals surface area contributed by atoms with E-state index in [9.17, 15) is 4.79 Å². The number of rotatable bonds is 6. The van der Waals surface area contributed by atoms with Crippen LogP contribution in [-0.4, -0.2) is 43.1 Å². The fourth-order valence-corrected chi connectivity index (χ4v) is 4.21. The van der Waals surface area contributed by atoms with E-state index in [0.29, 0.717) is 17.2 Å². The van der Waals surface area contributed by atoms with Crippen molar-refractivity contribution in [1.82, 2.24) is 9.88 Å². The molecule has 31 heavy (non-hydrogen) atoms. The van der Waals surface area contributed by atoms with Gasteiger partial charge in [0.15, 0.2) is 16.7 Å². The second-order valence-corrected chi connectivity index (χ2v) is 7.69. The molecule has 4 rings (SSSR count). The number of halogens is 1. The number of nitrogens with one attached hydrogen (secondary N) is 1. The predicted molar refractivity (Wildman–Crippen MR) is 121 cm³/mol. The zero-order valence-electron chi connectivity index (χ0n) is 17.5. The Morgan fingerprint density at radius 2 is 1.87 bits per heavy atom. The topological polar surface area (TPSA) is 63.7 Å². The van der Waals surface area contributed by atoms with Crippen LogP contribution >= 0.6 is 11.6 Å². The number of benzene rings is 2. The third-order valence-corrected chi connectivity index (χ3v) is 5.77. The average molecular weight is 438 g/mol. The minimum absolute atomic E-state index is 0.0834. The normalized spacial score (nSPS) is 15.8. The lowest BCUT2D eigenvalue weighted by atomic mass is 9.87. The fraction of sp³-hybridized carbons (Fsp3) is 0.250. The van der Waals surface area contributed by atoms with E-state index in [2.05, 4.69) is 27.3 Å². The summed E-state index contributed by atoms with van der Waals surface area (Å²) >= 11 is 6.10. The number of ether oxygens (including phenoxy) is 2. The maximum atomic E-state index is 12.9. The molecule has 1 unspecified atom stereocenters. The van der Waals surface area contributed by atoms with Gasteiger partial charge in [0.25, 0.3) is 0 Å². The van der Waals surface area contributed by atoms with E-state index in [0.717, 1.165) is 24.1 Å². The van der Waals surface area contributed by atoms with Crippen molar-refractivity contribution in [2.45, 2.75) is 12.5 Å². The molecule has 7 heteroatoms. The Hall–Kier alpha value is -3.09. The first kappa shape index (κ1) is 21.2. The van der Waals surface area contributed by atoms with Crippen molar-refractivity contribution < 1.29 is 14.3 Å². The van der Waals surface area contributed by atoms with Crippen molar-refractivity contribution in [2.24, 2.45) is 0 Å². The minimum atomic E-state index is -0.139. The highest BCUT2D eigenvalue weighted by Gasteiger charge is 2.31. The molecule has 2 heterocycles. The molecular weight excluding hydrogens is 414 g/mol. The lowest BCUT2D eigenvalue weighted by molar-refractivity contribution is -0.117. The molecule has 1 N–H and O–H groups in total.